The summed E-state index contributed by atoms with van der Waals surface area (Å²) in [6.07, 6.45) is 3.18. The molecule has 0 amide bonds. The van der Waals surface area contributed by atoms with E-state index in [4.69, 9.17) is 17.3 Å². The van der Waals surface area contributed by atoms with E-state index in [1.54, 1.807) is 23.9 Å². The molecule has 0 saturated heterocycles. The topological polar surface area (TPSA) is 43.8 Å². The number of rotatable bonds is 2. The number of nitrogens with two attached hydrogens (primary N) is 1. The van der Waals surface area contributed by atoms with Gasteiger partial charge in [-0.3, -0.25) is 0 Å². The summed E-state index contributed by atoms with van der Waals surface area (Å²) in [5.41, 5.74) is 7.22. The molecule has 0 aliphatic rings. The Bertz CT molecular complexity index is 508. The highest BCUT2D eigenvalue weighted by atomic mass is 35.5. The Labute approximate surface area is 97.6 Å². The minimum atomic E-state index is -0.311. The highest BCUT2D eigenvalue weighted by Gasteiger charge is 2.10. The van der Waals surface area contributed by atoms with Crippen molar-refractivity contribution in [3.05, 3.63) is 47.0 Å². The zero-order valence-electron chi connectivity index (χ0n) is 8.69. The average molecular weight is 240 g/mol. The Morgan fingerprint density at radius 3 is 2.81 bits per heavy atom. The van der Waals surface area contributed by atoms with Gasteiger partial charge in [-0.25, -0.2) is 9.07 Å². The third kappa shape index (κ3) is 2.08. The fraction of sp³-hybridized carbons (Fsp3) is 0.182. The largest absolute Gasteiger partial charge is 0.324 e. The summed E-state index contributed by atoms with van der Waals surface area (Å²) in [6, 6.07) is 4.15. The van der Waals surface area contributed by atoms with Crippen molar-refractivity contribution in [2.45, 2.75) is 13.0 Å². The summed E-state index contributed by atoms with van der Waals surface area (Å²) in [5, 5.41) is 4.59. The van der Waals surface area contributed by atoms with E-state index in [-0.39, 0.29) is 11.9 Å². The Balaban J connectivity index is 2.56. The maximum absolute atomic E-state index is 13.1. The maximum Gasteiger partial charge on any atom is 0.123 e. The van der Waals surface area contributed by atoms with Crippen molar-refractivity contribution in [3.8, 4) is 5.69 Å². The predicted molar refractivity (Wildman–Crippen MR) is 61.1 cm³/mol. The Kier molecular flexibility index (Phi) is 2.94. The fourth-order valence-corrected chi connectivity index (χ4v) is 1.67. The van der Waals surface area contributed by atoms with Gasteiger partial charge in [0.25, 0.3) is 0 Å². The summed E-state index contributed by atoms with van der Waals surface area (Å²) in [4.78, 5) is 0. The third-order valence-electron chi connectivity index (χ3n) is 2.28. The van der Waals surface area contributed by atoms with Crippen LogP contribution in [0.25, 0.3) is 5.69 Å². The molecule has 1 unspecified atom stereocenters. The van der Waals surface area contributed by atoms with Crippen LogP contribution in [0.4, 0.5) is 4.39 Å². The van der Waals surface area contributed by atoms with Gasteiger partial charge in [-0.2, -0.15) is 5.10 Å². The number of benzene rings is 1. The molecule has 2 aromatic rings. The lowest BCUT2D eigenvalue weighted by Gasteiger charge is -2.12. The molecule has 1 heterocycles. The molecule has 84 valence electrons. The molecule has 0 radical (unpaired) electrons. The van der Waals surface area contributed by atoms with Crippen molar-refractivity contribution in [2.75, 3.05) is 0 Å². The van der Waals surface area contributed by atoms with Crippen LogP contribution >= 0.6 is 11.6 Å². The number of hydrogen-bond donors (Lipinski definition) is 1. The van der Waals surface area contributed by atoms with Crippen LogP contribution in [-0.2, 0) is 0 Å². The first-order valence-electron chi connectivity index (χ1n) is 4.83. The van der Waals surface area contributed by atoms with E-state index < -0.39 is 0 Å². The average Bonchev–Trinajstić information content (AvgIpc) is 2.64. The summed E-state index contributed by atoms with van der Waals surface area (Å²) in [7, 11) is 0. The van der Waals surface area contributed by atoms with Crippen molar-refractivity contribution in [2.24, 2.45) is 5.73 Å². The van der Waals surface area contributed by atoms with Crippen LogP contribution in [0, 0.1) is 5.82 Å². The van der Waals surface area contributed by atoms with Gasteiger partial charge in [-0.15, -0.1) is 0 Å². The van der Waals surface area contributed by atoms with Crippen LogP contribution in [-0.4, -0.2) is 9.78 Å². The molecular formula is C11H11ClFN3. The van der Waals surface area contributed by atoms with E-state index in [9.17, 15) is 4.39 Å². The lowest BCUT2D eigenvalue weighted by Crippen LogP contribution is -2.10. The quantitative estimate of drug-likeness (QED) is 0.876. The van der Waals surface area contributed by atoms with Crippen molar-refractivity contribution in [3.63, 3.8) is 0 Å². The second kappa shape index (κ2) is 4.23. The standard InChI is InChI=1S/C11H11ClFN3/c1-7(14)10-4-9(13)2-3-11(10)16-6-8(12)5-15-16/h2-7H,14H2,1H3. The lowest BCUT2D eigenvalue weighted by molar-refractivity contribution is 0.620. The normalized spacial score (nSPS) is 12.8. The van der Waals surface area contributed by atoms with Crippen LogP contribution in [0.5, 0.6) is 0 Å². The van der Waals surface area contributed by atoms with Gasteiger partial charge in [0.2, 0.25) is 0 Å². The zero-order valence-corrected chi connectivity index (χ0v) is 9.45. The molecule has 16 heavy (non-hydrogen) atoms. The molecule has 0 saturated carbocycles. The lowest BCUT2D eigenvalue weighted by atomic mass is 10.1. The van der Waals surface area contributed by atoms with Crippen LogP contribution in [0.15, 0.2) is 30.6 Å². The summed E-state index contributed by atoms with van der Waals surface area (Å²) < 4.78 is 14.7. The van der Waals surface area contributed by atoms with Crippen LogP contribution in [0.1, 0.15) is 18.5 Å². The zero-order chi connectivity index (χ0) is 11.7. The molecule has 1 aromatic heterocycles. The van der Waals surface area contributed by atoms with Crippen LogP contribution < -0.4 is 5.73 Å². The van der Waals surface area contributed by atoms with E-state index in [0.29, 0.717) is 10.6 Å². The van der Waals surface area contributed by atoms with Crippen LogP contribution in [0.2, 0.25) is 5.02 Å². The number of nitrogens with zero attached hydrogens (tertiary/aromatic N) is 2. The van der Waals surface area contributed by atoms with Gasteiger partial charge in [0.1, 0.15) is 5.82 Å². The third-order valence-corrected chi connectivity index (χ3v) is 2.47. The molecule has 0 bridgehead atoms. The summed E-state index contributed by atoms with van der Waals surface area (Å²) in [5.74, 6) is -0.311. The molecule has 0 fully saturated rings. The molecule has 0 aliphatic carbocycles. The molecule has 5 heteroatoms. The van der Waals surface area contributed by atoms with E-state index in [2.05, 4.69) is 5.10 Å². The molecule has 2 rings (SSSR count). The second-order valence-electron chi connectivity index (χ2n) is 3.59. The summed E-state index contributed by atoms with van der Waals surface area (Å²) >= 11 is 5.78. The highest BCUT2D eigenvalue weighted by molar-refractivity contribution is 6.30. The van der Waals surface area contributed by atoms with Gasteiger partial charge in [0, 0.05) is 12.2 Å². The Morgan fingerprint density at radius 2 is 2.25 bits per heavy atom. The van der Waals surface area contributed by atoms with E-state index in [1.165, 1.54) is 18.3 Å². The minimum Gasteiger partial charge on any atom is -0.324 e. The Morgan fingerprint density at radius 1 is 1.50 bits per heavy atom. The van der Waals surface area contributed by atoms with E-state index in [1.807, 2.05) is 0 Å². The molecular weight excluding hydrogens is 229 g/mol. The van der Waals surface area contributed by atoms with Gasteiger partial charge in [-0.1, -0.05) is 11.6 Å². The number of aromatic nitrogens is 2. The number of hydrogen-bond acceptors (Lipinski definition) is 2. The van der Waals surface area contributed by atoms with Crippen molar-refractivity contribution in [1.29, 1.82) is 0 Å². The van der Waals surface area contributed by atoms with Crippen LogP contribution in [0.3, 0.4) is 0 Å². The molecule has 0 spiro atoms. The summed E-state index contributed by atoms with van der Waals surface area (Å²) in [6.45, 7) is 1.80. The Hall–Kier alpha value is -1.39. The van der Waals surface area contributed by atoms with E-state index >= 15 is 0 Å². The molecule has 3 nitrogen and oxygen atoms in total. The highest BCUT2D eigenvalue weighted by Crippen LogP contribution is 2.22. The molecule has 0 aliphatic heterocycles. The fourth-order valence-electron chi connectivity index (χ4n) is 1.53. The van der Waals surface area contributed by atoms with Gasteiger partial charge >= 0.3 is 0 Å². The van der Waals surface area contributed by atoms with Gasteiger partial charge in [0.05, 0.1) is 16.9 Å². The smallest absolute Gasteiger partial charge is 0.123 e. The first-order valence-corrected chi connectivity index (χ1v) is 5.21. The second-order valence-corrected chi connectivity index (χ2v) is 4.03. The molecule has 1 aromatic carbocycles. The van der Waals surface area contributed by atoms with Gasteiger partial charge in [0.15, 0.2) is 0 Å². The van der Waals surface area contributed by atoms with Crippen molar-refractivity contribution >= 4 is 11.6 Å². The van der Waals surface area contributed by atoms with Crippen molar-refractivity contribution < 1.29 is 4.39 Å². The van der Waals surface area contributed by atoms with Gasteiger partial charge in [-0.05, 0) is 30.7 Å². The minimum absolute atomic E-state index is 0.270. The monoisotopic (exact) mass is 239 g/mol. The van der Waals surface area contributed by atoms with Crippen molar-refractivity contribution in [1.82, 2.24) is 9.78 Å². The molecule has 2 N–H and O–H groups in total. The molecule has 1 atom stereocenters. The predicted octanol–water partition coefficient (Wildman–Crippen LogP) is 2.68. The first kappa shape index (κ1) is 11.1. The first-order chi connectivity index (χ1) is 7.58. The van der Waals surface area contributed by atoms with Gasteiger partial charge < -0.3 is 5.73 Å². The maximum atomic E-state index is 13.1. The number of halogens is 2. The van der Waals surface area contributed by atoms with E-state index in [0.717, 1.165) is 5.69 Å². The SMILES string of the molecule is CC(N)c1cc(F)ccc1-n1cc(Cl)cn1.